The highest BCUT2D eigenvalue weighted by molar-refractivity contribution is 5.78. The summed E-state index contributed by atoms with van der Waals surface area (Å²) in [7, 11) is 0. The quantitative estimate of drug-likeness (QED) is 0.749. The lowest BCUT2D eigenvalue weighted by atomic mass is 9.84. The van der Waals surface area contributed by atoms with E-state index in [4.69, 9.17) is 0 Å². The van der Waals surface area contributed by atoms with Crippen LogP contribution in [0, 0.1) is 5.92 Å². The molecule has 0 heterocycles. The molecule has 1 amide bonds. The predicted octanol–water partition coefficient (Wildman–Crippen LogP) is 2.22. The zero-order chi connectivity index (χ0) is 13.6. The number of carbonyl (C=O) groups excluding carboxylic acids is 1. The highest BCUT2D eigenvalue weighted by Crippen LogP contribution is 2.37. The fourth-order valence-electron chi connectivity index (χ4n) is 2.33. The Balaban J connectivity index is 2.44. The number of alkyl halides is 3. The molecular formula is C12H21F3N2O. The van der Waals surface area contributed by atoms with Crippen LogP contribution >= 0.6 is 0 Å². The first-order valence-corrected chi connectivity index (χ1v) is 6.52. The smallest absolute Gasteiger partial charge is 0.352 e. The zero-order valence-electron chi connectivity index (χ0n) is 10.6. The summed E-state index contributed by atoms with van der Waals surface area (Å²) < 4.78 is 38.3. The molecule has 2 atom stereocenters. The minimum Gasteiger partial charge on any atom is -0.352 e. The Hall–Kier alpha value is -0.780. The predicted molar refractivity (Wildman–Crippen MR) is 63.1 cm³/mol. The molecule has 18 heavy (non-hydrogen) atoms. The molecule has 3 nitrogen and oxygen atoms in total. The first-order chi connectivity index (χ1) is 8.45. The number of hydrogen-bond acceptors (Lipinski definition) is 2. The van der Waals surface area contributed by atoms with Crippen LogP contribution in [0.1, 0.15) is 39.0 Å². The first kappa shape index (κ1) is 15.3. The van der Waals surface area contributed by atoms with Gasteiger partial charge in [0.25, 0.3) is 0 Å². The molecule has 0 aromatic heterocycles. The minimum absolute atomic E-state index is 0.0922. The van der Waals surface area contributed by atoms with Crippen molar-refractivity contribution in [2.45, 2.75) is 51.2 Å². The van der Waals surface area contributed by atoms with Crippen LogP contribution in [0.15, 0.2) is 0 Å². The lowest BCUT2D eigenvalue weighted by molar-refractivity contribution is -0.189. The van der Waals surface area contributed by atoms with E-state index in [1.165, 1.54) is 0 Å². The van der Waals surface area contributed by atoms with E-state index < -0.39 is 18.1 Å². The Morgan fingerprint density at radius 3 is 2.56 bits per heavy atom. The van der Waals surface area contributed by atoms with Gasteiger partial charge in [0.1, 0.15) is 0 Å². The summed E-state index contributed by atoms with van der Waals surface area (Å²) >= 11 is 0. The second-order valence-corrected chi connectivity index (χ2v) is 4.78. The molecule has 0 radical (unpaired) electrons. The molecule has 106 valence electrons. The largest absolute Gasteiger partial charge is 0.393 e. The normalized spacial score (nSPS) is 24.9. The van der Waals surface area contributed by atoms with Gasteiger partial charge >= 0.3 is 6.18 Å². The van der Waals surface area contributed by atoms with E-state index in [1.54, 1.807) is 0 Å². The van der Waals surface area contributed by atoms with Gasteiger partial charge < -0.3 is 10.6 Å². The van der Waals surface area contributed by atoms with Gasteiger partial charge in [0, 0.05) is 6.04 Å². The average Bonchev–Trinajstić information content (AvgIpc) is 2.28. The summed E-state index contributed by atoms with van der Waals surface area (Å²) in [5.41, 5.74) is 0. The molecular weight excluding hydrogens is 245 g/mol. The van der Waals surface area contributed by atoms with Crippen LogP contribution in [0.3, 0.4) is 0 Å². The average molecular weight is 266 g/mol. The molecule has 1 aliphatic rings. The minimum atomic E-state index is -4.21. The Bertz CT molecular complexity index is 269. The zero-order valence-corrected chi connectivity index (χ0v) is 10.6. The fourth-order valence-corrected chi connectivity index (χ4v) is 2.33. The summed E-state index contributed by atoms with van der Waals surface area (Å²) in [6.45, 7) is 2.75. The number of hydrogen-bond donors (Lipinski definition) is 2. The SMILES string of the molecule is CCCNCC(=O)NC1CCCCC1C(F)(F)F. The van der Waals surface area contributed by atoms with Crippen LogP contribution in [-0.2, 0) is 4.79 Å². The number of amides is 1. The van der Waals surface area contributed by atoms with E-state index in [1.807, 2.05) is 6.92 Å². The van der Waals surface area contributed by atoms with Crippen LogP contribution in [0.25, 0.3) is 0 Å². The van der Waals surface area contributed by atoms with E-state index in [9.17, 15) is 18.0 Å². The van der Waals surface area contributed by atoms with Crippen molar-refractivity contribution in [1.82, 2.24) is 10.6 Å². The molecule has 0 aromatic carbocycles. The molecule has 2 N–H and O–H groups in total. The van der Waals surface area contributed by atoms with Crippen molar-refractivity contribution in [3.05, 3.63) is 0 Å². The van der Waals surface area contributed by atoms with Crippen molar-refractivity contribution in [2.75, 3.05) is 13.1 Å². The number of nitrogens with one attached hydrogen (secondary N) is 2. The number of halogens is 3. The molecule has 1 rings (SSSR count). The maximum atomic E-state index is 12.8. The second-order valence-electron chi connectivity index (χ2n) is 4.78. The van der Waals surface area contributed by atoms with Crippen molar-refractivity contribution >= 4 is 5.91 Å². The fraction of sp³-hybridized carbons (Fsp3) is 0.917. The van der Waals surface area contributed by atoms with Crippen LogP contribution in [-0.4, -0.2) is 31.2 Å². The van der Waals surface area contributed by atoms with Gasteiger partial charge in [0.05, 0.1) is 12.5 Å². The molecule has 0 bridgehead atoms. The molecule has 6 heteroatoms. The molecule has 1 aliphatic carbocycles. The van der Waals surface area contributed by atoms with Crippen molar-refractivity contribution in [2.24, 2.45) is 5.92 Å². The third-order valence-corrected chi connectivity index (χ3v) is 3.25. The first-order valence-electron chi connectivity index (χ1n) is 6.52. The Morgan fingerprint density at radius 2 is 1.94 bits per heavy atom. The third-order valence-electron chi connectivity index (χ3n) is 3.25. The lowest BCUT2D eigenvalue weighted by Gasteiger charge is -2.33. The van der Waals surface area contributed by atoms with E-state index in [0.717, 1.165) is 12.8 Å². The summed E-state index contributed by atoms with van der Waals surface area (Å²) in [6.07, 6.45) is -1.44. The van der Waals surface area contributed by atoms with Crippen molar-refractivity contribution in [1.29, 1.82) is 0 Å². The van der Waals surface area contributed by atoms with E-state index in [0.29, 0.717) is 19.4 Å². The van der Waals surface area contributed by atoms with Crippen LogP contribution in [0.5, 0.6) is 0 Å². The summed E-state index contributed by atoms with van der Waals surface area (Å²) in [5, 5.41) is 5.40. The third kappa shape index (κ3) is 4.84. The summed E-state index contributed by atoms with van der Waals surface area (Å²) in [4.78, 5) is 11.5. The number of carbonyl (C=O) groups is 1. The van der Waals surface area contributed by atoms with Gasteiger partial charge in [-0.1, -0.05) is 19.8 Å². The Kier molecular flexibility index (Phi) is 5.91. The topological polar surface area (TPSA) is 41.1 Å². The van der Waals surface area contributed by atoms with E-state index in [-0.39, 0.29) is 18.9 Å². The standard InChI is InChI=1S/C12H21F3N2O/c1-2-7-16-8-11(18)17-10-6-4-3-5-9(10)12(13,14)15/h9-10,16H,2-8H2,1H3,(H,17,18). The van der Waals surface area contributed by atoms with Crippen LogP contribution < -0.4 is 10.6 Å². The summed E-state index contributed by atoms with van der Waals surface area (Å²) in [5.74, 6) is -1.73. The van der Waals surface area contributed by atoms with Crippen molar-refractivity contribution < 1.29 is 18.0 Å². The molecule has 1 fully saturated rings. The molecule has 0 spiro atoms. The summed E-state index contributed by atoms with van der Waals surface area (Å²) in [6, 6.07) is -0.755. The van der Waals surface area contributed by atoms with Gasteiger partial charge in [-0.05, 0) is 25.8 Å². The van der Waals surface area contributed by atoms with Crippen molar-refractivity contribution in [3.63, 3.8) is 0 Å². The van der Waals surface area contributed by atoms with Gasteiger partial charge in [-0.2, -0.15) is 13.2 Å². The van der Waals surface area contributed by atoms with Crippen LogP contribution in [0.2, 0.25) is 0 Å². The van der Waals surface area contributed by atoms with Gasteiger partial charge in [-0.15, -0.1) is 0 Å². The molecule has 1 saturated carbocycles. The second kappa shape index (κ2) is 6.97. The van der Waals surface area contributed by atoms with Gasteiger partial charge in [0.15, 0.2) is 0 Å². The maximum absolute atomic E-state index is 12.8. The molecule has 0 aromatic rings. The van der Waals surface area contributed by atoms with Gasteiger partial charge in [0.2, 0.25) is 5.91 Å². The van der Waals surface area contributed by atoms with E-state index in [2.05, 4.69) is 10.6 Å². The molecule has 0 saturated heterocycles. The lowest BCUT2D eigenvalue weighted by Crippen LogP contribution is -2.49. The monoisotopic (exact) mass is 266 g/mol. The van der Waals surface area contributed by atoms with Gasteiger partial charge in [-0.3, -0.25) is 4.79 Å². The highest BCUT2D eigenvalue weighted by atomic mass is 19.4. The van der Waals surface area contributed by atoms with Gasteiger partial charge in [-0.25, -0.2) is 0 Å². The number of rotatable bonds is 5. The van der Waals surface area contributed by atoms with E-state index >= 15 is 0 Å². The van der Waals surface area contributed by atoms with Crippen molar-refractivity contribution in [3.8, 4) is 0 Å². The molecule has 2 unspecified atom stereocenters. The Morgan fingerprint density at radius 1 is 1.28 bits per heavy atom. The Labute approximate surface area is 106 Å². The molecule has 0 aliphatic heterocycles. The maximum Gasteiger partial charge on any atom is 0.393 e. The highest BCUT2D eigenvalue weighted by Gasteiger charge is 2.45. The van der Waals surface area contributed by atoms with Crippen LogP contribution in [0.4, 0.5) is 13.2 Å².